The Morgan fingerprint density at radius 3 is 2.56 bits per heavy atom. The Balaban J connectivity index is 1.63. The van der Waals surface area contributed by atoms with E-state index in [1.165, 1.54) is 12.4 Å². The summed E-state index contributed by atoms with van der Waals surface area (Å²) in [6.07, 6.45) is 3.86. The zero-order valence-electron chi connectivity index (χ0n) is 15.3. The van der Waals surface area contributed by atoms with Gasteiger partial charge in [-0.2, -0.15) is 0 Å². The van der Waals surface area contributed by atoms with Crippen molar-refractivity contribution in [1.29, 1.82) is 0 Å². The predicted octanol–water partition coefficient (Wildman–Crippen LogP) is 2.84. The number of anilines is 1. The van der Waals surface area contributed by atoms with E-state index in [-0.39, 0.29) is 11.8 Å². The molecule has 2 amide bonds. The highest BCUT2D eigenvalue weighted by atomic mass is 35.5. The molecule has 1 aliphatic heterocycles. The van der Waals surface area contributed by atoms with Gasteiger partial charge in [0.1, 0.15) is 0 Å². The highest BCUT2D eigenvalue weighted by Crippen LogP contribution is 2.21. The summed E-state index contributed by atoms with van der Waals surface area (Å²) in [6.45, 7) is 5.27. The second-order valence-corrected chi connectivity index (χ2v) is 6.91. The summed E-state index contributed by atoms with van der Waals surface area (Å²) in [6, 6.07) is 9.34. The highest BCUT2D eigenvalue weighted by Gasteiger charge is 2.23. The van der Waals surface area contributed by atoms with Crippen LogP contribution in [0.4, 0.5) is 5.69 Å². The van der Waals surface area contributed by atoms with Crippen molar-refractivity contribution in [2.24, 2.45) is 0 Å². The minimum Gasteiger partial charge on any atom is -0.368 e. The van der Waals surface area contributed by atoms with E-state index in [4.69, 9.17) is 11.6 Å². The monoisotopic (exact) mass is 386 g/mol. The maximum atomic E-state index is 12.8. The Hall–Kier alpha value is -2.60. The molecule has 3 rings (SSSR count). The normalized spacial score (nSPS) is 14.1. The summed E-state index contributed by atoms with van der Waals surface area (Å²) in [5, 5.41) is 3.51. The summed E-state index contributed by atoms with van der Waals surface area (Å²) < 4.78 is 0. The Morgan fingerprint density at radius 1 is 1.11 bits per heavy atom. The third kappa shape index (κ3) is 4.77. The van der Waals surface area contributed by atoms with Gasteiger partial charge in [0, 0.05) is 55.8 Å². The number of hydrogen-bond acceptors (Lipinski definition) is 4. The lowest BCUT2D eigenvalue weighted by atomic mass is 10.1. The van der Waals surface area contributed by atoms with Crippen molar-refractivity contribution in [2.75, 3.05) is 37.6 Å². The van der Waals surface area contributed by atoms with Crippen LogP contribution < -0.4 is 10.2 Å². The van der Waals surface area contributed by atoms with Gasteiger partial charge in [-0.05, 0) is 30.7 Å². The molecule has 6 nitrogen and oxygen atoms in total. The first-order chi connectivity index (χ1) is 13.1. The number of carbonyl (C=O) groups excluding carboxylic acids is 2. The molecule has 7 heteroatoms. The molecule has 2 heterocycles. The van der Waals surface area contributed by atoms with Crippen LogP contribution in [0.1, 0.15) is 34.1 Å². The van der Waals surface area contributed by atoms with Crippen LogP contribution >= 0.6 is 11.6 Å². The molecule has 0 aliphatic carbocycles. The van der Waals surface area contributed by atoms with Gasteiger partial charge >= 0.3 is 0 Å². The summed E-state index contributed by atoms with van der Waals surface area (Å²) in [5.41, 5.74) is 1.91. The van der Waals surface area contributed by atoms with Crippen LogP contribution in [-0.4, -0.2) is 54.4 Å². The predicted molar refractivity (Wildman–Crippen MR) is 106 cm³/mol. The minimum atomic E-state index is -0.204. The molecule has 1 aromatic heterocycles. The Kier molecular flexibility index (Phi) is 6.29. The fourth-order valence-corrected chi connectivity index (χ4v) is 3.23. The Labute approximate surface area is 164 Å². The number of hydrogen-bond donors (Lipinski definition) is 1. The molecule has 1 aliphatic rings. The molecule has 1 N–H and O–H groups in total. The molecule has 2 aromatic rings. The van der Waals surface area contributed by atoms with Crippen LogP contribution in [0.2, 0.25) is 5.02 Å². The molecule has 142 valence electrons. The number of benzene rings is 1. The van der Waals surface area contributed by atoms with Gasteiger partial charge in [0.25, 0.3) is 11.8 Å². The second kappa shape index (κ2) is 8.86. The number of aromatic nitrogens is 1. The average Bonchev–Trinajstić information content (AvgIpc) is 2.71. The zero-order valence-corrected chi connectivity index (χ0v) is 16.1. The first kappa shape index (κ1) is 19.2. The maximum absolute atomic E-state index is 12.8. The third-order valence-corrected chi connectivity index (χ3v) is 4.76. The largest absolute Gasteiger partial charge is 0.368 e. The van der Waals surface area contributed by atoms with Gasteiger partial charge in [0.2, 0.25) is 0 Å². The SMILES string of the molecule is CCCNC(=O)c1cncc(C(=O)N2CCN(c3cccc(Cl)c3)CC2)c1. The molecular formula is C20H23ClN4O2. The molecule has 0 atom stereocenters. The van der Waals surface area contributed by atoms with E-state index in [1.807, 2.05) is 31.2 Å². The van der Waals surface area contributed by atoms with Crippen molar-refractivity contribution < 1.29 is 9.59 Å². The summed E-state index contributed by atoms with van der Waals surface area (Å²) in [4.78, 5) is 33.0. The van der Waals surface area contributed by atoms with Gasteiger partial charge in [-0.25, -0.2) is 0 Å². The molecule has 27 heavy (non-hydrogen) atoms. The van der Waals surface area contributed by atoms with E-state index < -0.39 is 0 Å². The Bertz CT molecular complexity index is 819. The van der Waals surface area contributed by atoms with Gasteiger partial charge < -0.3 is 15.1 Å². The summed E-state index contributed by atoms with van der Waals surface area (Å²) in [5.74, 6) is -0.303. The first-order valence-corrected chi connectivity index (χ1v) is 9.49. The van der Waals surface area contributed by atoms with Crippen molar-refractivity contribution in [3.8, 4) is 0 Å². The van der Waals surface area contributed by atoms with Gasteiger partial charge in [0.05, 0.1) is 11.1 Å². The molecule has 0 unspecified atom stereocenters. The van der Waals surface area contributed by atoms with Crippen LogP contribution in [0.25, 0.3) is 0 Å². The van der Waals surface area contributed by atoms with Crippen molar-refractivity contribution >= 4 is 29.1 Å². The van der Waals surface area contributed by atoms with E-state index >= 15 is 0 Å². The molecule has 0 bridgehead atoms. The van der Waals surface area contributed by atoms with E-state index in [1.54, 1.807) is 11.0 Å². The third-order valence-electron chi connectivity index (χ3n) is 4.52. The number of nitrogens with one attached hydrogen (secondary N) is 1. The van der Waals surface area contributed by atoms with Crippen molar-refractivity contribution in [2.45, 2.75) is 13.3 Å². The average molecular weight is 387 g/mol. The molecule has 1 fully saturated rings. The minimum absolute atomic E-state index is 0.0987. The smallest absolute Gasteiger partial charge is 0.255 e. The summed E-state index contributed by atoms with van der Waals surface area (Å²) in [7, 11) is 0. The van der Waals surface area contributed by atoms with Crippen molar-refractivity contribution in [3.05, 3.63) is 58.9 Å². The van der Waals surface area contributed by atoms with Gasteiger partial charge in [-0.1, -0.05) is 24.6 Å². The van der Waals surface area contributed by atoms with Crippen LogP contribution in [0, 0.1) is 0 Å². The molecule has 0 spiro atoms. The molecule has 1 saturated heterocycles. The standard InChI is InChI=1S/C20H23ClN4O2/c1-2-6-23-19(26)15-11-16(14-22-13-15)20(27)25-9-7-24(8-10-25)18-5-3-4-17(21)12-18/h3-5,11-14H,2,6-10H2,1H3,(H,23,26). The van der Waals surface area contributed by atoms with Crippen molar-refractivity contribution in [3.63, 3.8) is 0 Å². The van der Waals surface area contributed by atoms with Crippen LogP contribution in [0.15, 0.2) is 42.7 Å². The lowest BCUT2D eigenvalue weighted by molar-refractivity contribution is 0.0746. The quantitative estimate of drug-likeness (QED) is 0.858. The van der Waals surface area contributed by atoms with Crippen LogP contribution in [0.3, 0.4) is 0 Å². The number of pyridine rings is 1. The molecule has 0 saturated carbocycles. The maximum Gasteiger partial charge on any atom is 0.255 e. The zero-order chi connectivity index (χ0) is 19.2. The van der Waals surface area contributed by atoms with E-state index in [9.17, 15) is 9.59 Å². The summed E-state index contributed by atoms with van der Waals surface area (Å²) >= 11 is 6.06. The fourth-order valence-electron chi connectivity index (χ4n) is 3.04. The van der Waals surface area contributed by atoms with Gasteiger partial charge in [-0.15, -0.1) is 0 Å². The van der Waals surface area contributed by atoms with E-state index in [0.717, 1.165) is 25.2 Å². The van der Waals surface area contributed by atoms with Crippen LogP contribution in [0.5, 0.6) is 0 Å². The lowest BCUT2D eigenvalue weighted by Crippen LogP contribution is -2.48. The van der Waals surface area contributed by atoms with Crippen LogP contribution in [-0.2, 0) is 0 Å². The van der Waals surface area contributed by atoms with Gasteiger partial charge in [-0.3, -0.25) is 14.6 Å². The highest BCUT2D eigenvalue weighted by molar-refractivity contribution is 6.30. The lowest BCUT2D eigenvalue weighted by Gasteiger charge is -2.36. The topological polar surface area (TPSA) is 65.5 Å². The molecular weight excluding hydrogens is 364 g/mol. The molecule has 0 radical (unpaired) electrons. The first-order valence-electron chi connectivity index (χ1n) is 9.11. The number of amides is 2. The number of carbonyl (C=O) groups is 2. The Morgan fingerprint density at radius 2 is 1.85 bits per heavy atom. The second-order valence-electron chi connectivity index (χ2n) is 6.48. The number of rotatable bonds is 5. The van der Waals surface area contributed by atoms with E-state index in [0.29, 0.717) is 35.8 Å². The van der Waals surface area contributed by atoms with Gasteiger partial charge in [0.15, 0.2) is 0 Å². The number of halogens is 1. The van der Waals surface area contributed by atoms with E-state index in [2.05, 4.69) is 15.2 Å². The number of piperazine rings is 1. The number of nitrogens with zero attached hydrogens (tertiary/aromatic N) is 3. The van der Waals surface area contributed by atoms with Crippen molar-refractivity contribution in [1.82, 2.24) is 15.2 Å². The molecule has 1 aromatic carbocycles. The fraction of sp³-hybridized carbons (Fsp3) is 0.350.